The van der Waals surface area contributed by atoms with E-state index in [9.17, 15) is 13.2 Å². The Morgan fingerprint density at radius 3 is 2.42 bits per heavy atom. The number of carbonyl (C=O) groups excluding carboxylic acids is 1. The number of amides is 1. The van der Waals surface area contributed by atoms with Crippen LogP contribution in [0.1, 0.15) is 33.1 Å². The molecule has 1 aliphatic rings. The topological polar surface area (TPSA) is 69.7 Å². The third-order valence-corrected chi connectivity index (χ3v) is 6.74. The van der Waals surface area contributed by atoms with Crippen molar-refractivity contribution in [2.75, 3.05) is 37.4 Å². The zero-order chi connectivity index (χ0) is 19.3. The molecule has 7 heteroatoms. The van der Waals surface area contributed by atoms with Gasteiger partial charge >= 0.3 is 0 Å². The Bertz CT molecular complexity index is 768. The van der Waals surface area contributed by atoms with E-state index in [4.69, 9.17) is 0 Å². The summed E-state index contributed by atoms with van der Waals surface area (Å²) in [6.07, 6.45) is 6.56. The Morgan fingerprint density at radius 2 is 1.88 bits per heavy atom. The average Bonchev–Trinajstić information content (AvgIpc) is 2.63. The third-order valence-electron chi connectivity index (χ3n) is 4.69. The second-order valence-electron chi connectivity index (χ2n) is 6.63. The number of benzene rings is 1. The molecule has 0 saturated heterocycles. The molecular formula is C19H29N3O3S. The van der Waals surface area contributed by atoms with Crippen LogP contribution < -0.4 is 10.2 Å². The zero-order valence-corrected chi connectivity index (χ0v) is 16.8. The van der Waals surface area contributed by atoms with Crippen LogP contribution in [0.2, 0.25) is 0 Å². The molecule has 0 spiro atoms. The monoisotopic (exact) mass is 379 g/mol. The molecule has 1 atom stereocenters. The van der Waals surface area contributed by atoms with Gasteiger partial charge in [-0.1, -0.05) is 26.0 Å². The number of rotatable bonds is 7. The van der Waals surface area contributed by atoms with E-state index >= 15 is 0 Å². The van der Waals surface area contributed by atoms with E-state index in [0.29, 0.717) is 18.8 Å². The molecule has 0 aromatic heterocycles. The van der Waals surface area contributed by atoms with E-state index in [1.807, 2.05) is 38.9 Å². The van der Waals surface area contributed by atoms with Crippen molar-refractivity contribution in [3.05, 3.63) is 30.4 Å². The van der Waals surface area contributed by atoms with Crippen LogP contribution in [0, 0.1) is 5.92 Å². The largest absolute Gasteiger partial charge is 0.376 e. The van der Waals surface area contributed by atoms with Crippen LogP contribution in [0.25, 0.3) is 0 Å². The molecule has 1 aromatic rings. The first-order valence-electron chi connectivity index (χ1n) is 9.08. The molecule has 1 aliphatic carbocycles. The molecular weight excluding hydrogens is 350 g/mol. The number of carbonyl (C=O) groups is 1. The lowest BCUT2D eigenvalue weighted by atomic mass is 9.93. The van der Waals surface area contributed by atoms with Crippen molar-refractivity contribution in [2.45, 2.75) is 38.0 Å². The molecule has 1 amide bonds. The molecule has 0 heterocycles. The van der Waals surface area contributed by atoms with Gasteiger partial charge in [0.15, 0.2) is 0 Å². The molecule has 0 bridgehead atoms. The molecule has 2 rings (SSSR count). The fourth-order valence-corrected chi connectivity index (χ4v) is 4.63. The number of nitrogens with one attached hydrogen (secondary N) is 1. The molecule has 0 saturated carbocycles. The first-order valence-corrected chi connectivity index (χ1v) is 10.5. The van der Waals surface area contributed by atoms with E-state index < -0.39 is 10.0 Å². The predicted molar refractivity (Wildman–Crippen MR) is 106 cm³/mol. The molecule has 26 heavy (non-hydrogen) atoms. The highest BCUT2D eigenvalue weighted by Crippen LogP contribution is 2.30. The number of allylic oxidation sites excluding steroid dienone is 2. The van der Waals surface area contributed by atoms with E-state index in [1.165, 1.54) is 4.31 Å². The number of sulfonamides is 1. The fourth-order valence-electron chi connectivity index (χ4n) is 3.14. The van der Waals surface area contributed by atoms with Gasteiger partial charge in [-0.15, -0.1) is 0 Å². The lowest BCUT2D eigenvalue weighted by Gasteiger charge is -2.23. The SMILES string of the molecule is CCN(CC)S(=O)(=O)c1ccc(N(C)C)c(NC(=O)C2CC=CCC2)c1. The second kappa shape index (κ2) is 8.68. The maximum Gasteiger partial charge on any atom is 0.243 e. The summed E-state index contributed by atoms with van der Waals surface area (Å²) in [4.78, 5) is 14.7. The summed E-state index contributed by atoms with van der Waals surface area (Å²) in [6, 6.07) is 4.91. The molecule has 1 N–H and O–H groups in total. The lowest BCUT2D eigenvalue weighted by molar-refractivity contribution is -0.120. The Kier molecular flexibility index (Phi) is 6.83. The highest BCUT2D eigenvalue weighted by atomic mass is 32.2. The van der Waals surface area contributed by atoms with E-state index in [0.717, 1.165) is 24.9 Å². The van der Waals surface area contributed by atoms with Gasteiger partial charge in [0.2, 0.25) is 15.9 Å². The minimum atomic E-state index is -3.57. The van der Waals surface area contributed by atoms with Crippen molar-refractivity contribution in [3.63, 3.8) is 0 Å². The van der Waals surface area contributed by atoms with Crippen molar-refractivity contribution >= 4 is 27.3 Å². The first kappa shape index (κ1) is 20.5. The fraction of sp³-hybridized carbons (Fsp3) is 0.526. The second-order valence-corrected chi connectivity index (χ2v) is 8.57. The van der Waals surface area contributed by atoms with E-state index in [1.54, 1.807) is 18.2 Å². The zero-order valence-electron chi connectivity index (χ0n) is 16.0. The maximum atomic E-state index is 12.8. The Morgan fingerprint density at radius 1 is 1.19 bits per heavy atom. The average molecular weight is 380 g/mol. The van der Waals surface area contributed by atoms with Gasteiger partial charge in [0.1, 0.15) is 0 Å². The van der Waals surface area contributed by atoms with Gasteiger partial charge in [-0.25, -0.2) is 8.42 Å². The lowest BCUT2D eigenvalue weighted by Crippen LogP contribution is -2.31. The standard InChI is InChI=1S/C19H29N3O3S/c1-5-22(6-2)26(24,25)16-12-13-18(21(3)4)17(14-16)20-19(23)15-10-8-7-9-11-15/h7-8,12-15H,5-6,9-11H2,1-4H3,(H,20,23). The van der Waals surface area contributed by atoms with Crippen molar-refractivity contribution < 1.29 is 13.2 Å². The third kappa shape index (κ3) is 4.45. The highest BCUT2D eigenvalue weighted by Gasteiger charge is 2.25. The van der Waals surface area contributed by atoms with Gasteiger partial charge in [0.25, 0.3) is 0 Å². The summed E-state index contributed by atoms with van der Waals surface area (Å²) < 4.78 is 27.0. The van der Waals surface area contributed by atoms with Gasteiger partial charge in [-0.05, 0) is 37.5 Å². The van der Waals surface area contributed by atoms with Crippen molar-refractivity contribution in [3.8, 4) is 0 Å². The van der Waals surface area contributed by atoms with E-state index in [-0.39, 0.29) is 16.7 Å². The van der Waals surface area contributed by atoms with Gasteiger partial charge in [-0.2, -0.15) is 4.31 Å². The molecule has 144 valence electrons. The number of hydrogen-bond donors (Lipinski definition) is 1. The Balaban J connectivity index is 2.36. The van der Waals surface area contributed by atoms with Crippen LogP contribution >= 0.6 is 0 Å². The molecule has 0 radical (unpaired) electrons. The first-order chi connectivity index (χ1) is 12.3. The van der Waals surface area contributed by atoms with Crippen molar-refractivity contribution in [1.82, 2.24) is 4.31 Å². The Labute approximate surface area is 156 Å². The minimum absolute atomic E-state index is 0.0603. The summed E-state index contributed by atoms with van der Waals surface area (Å²) in [7, 11) is 0.161. The molecule has 6 nitrogen and oxygen atoms in total. The van der Waals surface area contributed by atoms with Crippen molar-refractivity contribution in [1.29, 1.82) is 0 Å². The van der Waals surface area contributed by atoms with Crippen LogP contribution in [-0.4, -0.2) is 45.8 Å². The summed E-state index contributed by atoms with van der Waals surface area (Å²) in [5.74, 6) is -0.132. The van der Waals surface area contributed by atoms with Crippen LogP contribution in [0.4, 0.5) is 11.4 Å². The molecule has 1 unspecified atom stereocenters. The summed E-state index contributed by atoms with van der Waals surface area (Å²) in [5, 5.41) is 2.95. The predicted octanol–water partition coefficient (Wildman–Crippen LogP) is 3.08. The summed E-state index contributed by atoms with van der Waals surface area (Å²) in [6.45, 7) is 4.44. The van der Waals surface area contributed by atoms with Gasteiger partial charge in [0.05, 0.1) is 16.3 Å². The number of nitrogens with zero attached hydrogens (tertiary/aromatic N) is 2. The highest BCUT2D eigenvalue weighted by molar-refractivity contribution is 7.89. The smallest absolute Gasteiger partial charge is 0.243 e. The maximum absolute atomic E-state index is 12.8. The number of hydrogen-bond acceptors (Lipinski definition) is 4. The summed E-state index contributed by atoms with van der Waals surface area (Å²) in [5.41, 5.74) is 1.31. The van der Waals surface area contributed by atoms with Crippen LogP contribution in [-0.2, 0) is 14.8 Å². The molecule has 1 aromatic carbocycles. The molecule has 0 aliphatic heterocycles. The van der Waals surface area contributed by atoms with Crippen molar-refractivity contribution in [2.24, 2.45) is 5.92 Å². The quantitative estimate of drug-likeness (QED) is 0.739. The molecule has 0 fully saturated rings. The van der Waals surface area contributed by atoms with E-state index in [2.05, 4.69) is 11.4 Å². The minimum Gasteiger partial charge on any atom is -0.376 e. The normalized spacial score (nSPS) is 17.3. The Hall–Kier alpha value is -1.86. The van der Waals surface area contributed by atoms with Crippen LogP contribution in [0.5, 0.6) is 0 Å². The van der Waals surface area contributed by atoms with Crippen LogP contribution in [0.3, 0.4) is 0 Å². The van der Waals surface area contributed by atoms with Gasteiger partial charge in [-0.3, -0.25) is 4.79 Å². The van der Waals surface area contributed by atoms with Crippen LogP contribution in [0.15, 0.2) is 35.2 Å². The van der Waals surface area contributed by atoms with Gasteiger partial charge in [0, 0.05) is 33.1 Å². The number of anilines is 2. The van der Waals surface area contributed by atoms with Gasteiger partial charge < -0.3 is 10.2 Å². The summed E-state index contributed by atoms with van der Waals surface area (Å²) >= 11 is 0.